The van der Waals surface area contributed by atoms with E-state index in [1.165, 1.54) is 0 Å². The van der Waals surface area contributed by atoms with Crippen LogP contribution in [0.2, 0.25) is 0 Å². The summed E-state index contributed by atoms with van der Waals surface area (Å²) >= 11 is 1.08. The predicted octanol–water partition coefficient (Wildman–Crippen LogP) is 2.99. The molecule has 2 bridgehead atoms. The van der Waals surface area contributed by atoms with Gasteiger partial charge < -0.3 is 4.90 Å². The van der Waals surface area contributed by atoms with Crippen LogP contribution < -0.4 is 0 Å². The topological polar surface area (TPSA) is 36.4 Å². The Hall–Kier alpha value is -1.15. The van der Waals surface area contributed by atoms with Crippen molar-refractivity contribution in [3.8, 4) is 0 Å². The first kappa shape index (κ1) is 16.3. The van der Waals surface area contributed by atoms with Crippen LogP contribution in [0.5, 0.6) is 0 Å². The van der Waals surface area contributed by atoms with Crippen molar-refractivity contribution in [3.63, 3.8) is 0 Å². The van der Waals surface area contributed by atoms with Crippen LogP contribution in [0.3, 0.4) is 0 Å². The van der Waals surface area contributed by atoms with Crippen molar-refractivity contribution in [1.82, 2.24) is 14.8 Å². The molecule has 3 aliphatic rings. The highest BCUT2D eigenvalue weighted by Gasteiger charge is 2.44. The maximum Gasteiger partial charge on any atom is 0.434 e. The van der Waals surface area contributed by atoms with Gasteiger partial charge in [-0.2, -0.15) is 13.2 Å². The smallest absolute Gasteiger partial charge is 0.339 e. The van der Waals surface area contributed by atoms with E-state index in [2.05, 4.69) is 14.8 Å². The van der Waals surface area contributed by atoms with Gasteiger partial charge in [-0.15, -0.1) is 11.3 Å². The minimum Gasteiger partial charge on any atom is -0.339 e. The van der Waals surface area contributed by atoms with Gasteiger partial charge >= 0.3 is 6.18 Å². The third-order valence-corrected chi connectivity index (χ3v) is 6.29. The normalized spacial score (nSPS) is 31.2. The summed E-state index contributed by atoms with van der Waals surface area (Å²) in [6.45, 7) is 2.98. The third-order valence-electron chi connectivity index (χ3n) is 5.46. The fourth-order valence-corrected chi connectivity index (χ4v) is 5.39. The van der Waals surface area contributed by atoms with Crippen LogP contribution in [-0.2, 0) is 17.5 Å². The molecule has 8 heteroatoms. The van der Waals surface area contributed by atoms with Crippen molar-refractivity contribution in [1.29, 1.82) is 0 Å². The van der Waals surface area contributed by atoms with Crippen LogP contribution in [0.15, 0.2) is 5.38 Å². The summed E-state index contributed by atoms with van der Waals surface area (Å²) in [5.41, 5.74) is -0.788. The first-order valence-corrected chi connectivity index (χ1v) is 9.31. The van der Waals surface area contributed by atoms with Gasteiger partial charge in [0.25, 0.3) is 0 Å². The second kappa shape index (κ2) is 5.98. The largest absolute Gasteiger partial charge is 0.434 e. The number of carbonyl (C=O) groups is 1. The SMILES string of the molecule is O=C1CCC[C@H]2[C@H]3C[C@@H](CN(Cc4nc(C(F)(F)F)cs4)C3)CN12. The number of nitrogens with zero attached hydrogens (tertiary/aromatic N) is 3. The molecule has 4 heterocycles. The first-order chi connectivity index (χ1) is 11.4. The fourth-order valence-electron chi connectivity index (χ4n) is 4.55. The number of alkyl halides is 3. The predicted molar refractivity (Wildman–Crippen MR) is 83.3 cm³/mol. The molecule has 4 rings (SSSR count). The molecule has 3 saturated heterocycles. The monoisotopic (exact) mass is 359 g/mol. The van der Waals surface area contributed by atoms with E-state index < -0.39 is 11.9 Å². The lowest BCUT2D eigenvalue weighted by molar-refractivity contribution is -0.145. The fraction of sp³-hybridized carbons (Fsp3) is 0.750. The van der Waals surface area contributed by atoms with Crippen LogP contribution in [0.25, 0.3) is 0 Å². The van der Waals surface area contributed by atoms with Gasteiger partial charge in [-0.25, -0.2) is 4.98 Å². The molecule has 0 aromatic carbocycles. The van der Waals surface area contributed by atoms with Crippen LogP contribution >= 0.6 is 11.3 Å². The van der Waals surface area contributed by atoms with Crippen LogP contribution in [0, 0.1) is 11.8 Å². The highest BCUT2D eigenvalue weighted by molar-refractivity contribution is 7.09. The van der Waals surface area contributed by atoms with Gasteiger partial charge in [0, 0.05) is 37.5 Å². The maximum atomic E-state index is 12.7. The molecule has 3 fully saturated rings. The molecule has 4 nitrogen and oxygen atoms in total. The first-order valence-electron chi connectivity index (χ1n) is 8.43. The van der Waals surface area contributed by atoms with Crippen molar-refractivity contribution in [2.24, 2.45) is 11.8 Å². The molecule has 1 amide bonds. The highest BCUT2D eigenvalue weighted by atomic mass is 32.1. The number of halogens is 3. The van der Waals surface area contributed by atoms with E-state index in [9.17, 15) is 18.0 Å². The van der Waals surface area contributed by atoms with E-state index >= 15 is 0 Å². The summed E-state index contributed by atoms with van der Waals surface area (Å²) in [6.07, 6.45) is -0.541. The molecule has 0 unspecified atom stereocenters. The number of fused-ring (bicyclic) bond motifs is 4. The van der Waals surface area contributed by atoms with E-state index in [4.69, 9.17) is 0 Å². The second-order valence-electron chi connectivity index (χ2n) is 7.19. The summed E-state index contributed by atoms with van der Waals surface area (Å²) in [4.78, 5) is 20.2. The Morgan fingerprint density at radius 1 is 1.29 bits per heavy atom. The van der Waals surface area contributed by atoms with Crippen molar-refractivity contribution in [2.75, 3.05) is 19.6 Å². The van der Waals surface area contributed by atoms with E-state index in [0.29, 0.717) is 35.9 Å². The molecule has 24 heavy (non-hydrogen) atoms. The summed E-state index contributed by atoms with van der Waals surface area (Å²) in [7, 11) is 0. The summed E-state index contributed by atoms with van der Waals surface area (Å²) in [6, 6.07) is 0.326. The lowest BCUT2D eigenvalue weighted by Crippen LogP contribution is -2.60. The van der Waals surface area contributed by atoms with E-state index in [1.807, 2.05) is 0 Å². The number of aromatic nitrogens is 1. The van der Waals surface area contributed by atoms with Crippen molar-refractivity contribution >= 4 is 17.2 Å². The molecule has 3 aliphatic heterocycles. The van der Waals surface area contributed by atoms with Gasteiger partial charge in [-0.05, 0) is 31.1 Å². The molecule has 1 aromatic heterocycles. The number of hydrogen-bond acceptors (Lipinski definition) is 4. The molecular weight excluding hydrogens is 339 g/mol. The second-order valence-corrected chi connectivity index (χ2v) is 8.13. The third kappa shape index (κ3) is 3.06. The number of rotatable bonds is 2. The van der Waals surface area contributed by atoms with E-state index in [0.717, 1.165) is 55.6 Å². The number of likely N-dealkylation sites (tertiary alicyclic amines) is 1. The number of carbonyl (C=O) groups excluding carboxylic acids is 1. The standard InChI is InChI=1S/C16H20F3N3OS/c17-16(18,19)13-9-24-14(20-13)8-21-5-10-4-11(7-21)12-2-1-3-15(23)22(12)6-10/h9-12H,1-8H2/t10-,11-,12-/m0/s1. The van der Waals surface area contributed by atoms with Crippen LogP contribution in [-0.4, -0.2) is 46.4 Å². The Labute approximate surface area is 142 Å². The van der Waals surface area contributed by atoms with Gasteiger partial charge in [0.2, 0.25) is 5.91 Å². The Balaban J connectivity index is 1.44. The Bertz CT molecular complexity index is 632. The lowest BCUT2D eigenvalue weighted by atomic mass is 9.76. The van der Waals surface area contributed by atoms with Gasteiger partial charge in [-0.1, -0.05) is 0 Å². The van der Waals surface area contributed by atoms with Gasteiger partial charge in [0.05, 0.1) is 6.54 Å². The number of amides is 1. The van der Waals surface area contributed by atoms with Crippen molar-refractivity contribution < 1.29 is 18.0 Å². The van der Waals surface area contributed by atoms with Crippen molar-refractivity contribution in [2.45, 2.75) is 44.4 Å². The zero-order valence-electron chi connectivity index (χ0n) is 13.3. The summed E-state index contributed by atoms with van der Waals surface area (Å²) in [5.74, 6) is 1.16. The minimum absolute atomic E-state index is 0.282. The summed E-state index contributed by atoms with van der Waals surface area (Å²) < 4.78 is 38.0. The summed E-state index contributed by atoms with van der Waals surface area (Å²) in [5, 5.41) is 1.63. The minimum atomic E-state index is -4.36. The number of thiazole rings is 1. The van der Waals surface area contributed by atoms with Crippen molar-refractivity contribution in [3.05, 3.63) is 16.1 Å². The Morgan fingerprint density at radius 3 is 2.88 bits per heavy atom. The molecule has 1 aromatic rings. The quantitative estimate of drug-likeness (QED) is 0.815. The van der Waals surface area contributed by atoms with E-state index in [-0.39, 0.29) is 5.91 Å². The zero-order chi connectivity index (χ0) is 16.9. The highest BCUT2D eigenvalue weighted by Crippen LogP contribution is 2.38. The number of hydrogen-bond donors (Lipinski definition) is 0. The van der Waals surface area contributed by atoms with E-state index in [1.54, 1.807) is 0 Å². The number of piperidine rings is 3. The zero-order valence-corrected chi connectivity index (χ0v) is 14.1. The molecule has 3 atom stereocenters. The van der Waals surface area contributed by atoms with Gasteiger partial charge in [-0.3, -0.25) is 9.69 Å². The van der Waals surface area contributed by atoms with Crippen LogP contribution in [0.4, 0.5) is 13.2 Å². The van der Waals surface area contributed by atoms with Gasteiger partial charge in [0.1, 0.15) is 5.01 Å². The lowest BCUT2D eigenvalue weighted by Gasteiger charge is -2.52. The van der Waals surface area contributed by atoms with Crippen LogP contribution in [0.1, 0.15) is 36.4 Å². The Morgan fingerprint density at radius 2 is 2.12 bits per heavy atom. The van der Waals surface area contributed by atoms with Gasteiger partial charge in [0.15, 0.2) is 5.69 Å². The molecule has 0 radical (unpaired) electrons. The molecule has 132 valence electrons. The molecule has 0 spiro atoms. The average molecular weight is 359 g/mol. The molecule has 0 aliphatic carbocycles. The average Bonchev–Trinajstić information content (AvgIpc) is 2.97. The maximum absolute atomic E-state index is 12.7. The molecule has 0 N–H and O–H groups in total. The molecular formula is C16H20F3N3OS. The Kier molecular flexibility index (Phi) is 4.07. The molecule has 0 saturated carbocycles.